The van der Waals surface area contributed by atoms with Crippen LogP contribution in [0.25, 0.3) is 22.5 Å². The Morgan fingerprint density at radius 1 is 1.03 bits per heavy atom. The Kier molecular flexibility index (Phi) is 5.21. The van der Waals surface area contributed by atoms with Crippen LogP contribution in [0.1, 0.15) is 12.2 Å². The Labute approximate surface area is 178 Å². The van der Waals surface area contributed by atoms with Crippen molar-refractivity contribution < 1.29 is 19.5 Å². The molecule has 0 fully saturated rings. The maximum Gasteiger partial charge on any atom is 0.300 e. The lowest BCUT2D eigenvalue weighted by atomic mass is 9.90. The van der Waals surface area contributed by atoms with Gasteiger partial charge in [-0.25, -0.2) is 4.98 Å². The third kappa shape index (κ3) is 3.63. The van der Waals surface area contributed by atoms with Gasteiger partial charge in [0.05, 0.1) is 32.0 Å². The number of hydrogen-bond donors (Lipinski definition) is 2. The van der Waals surface area contributed by atoms with Gasteiger partial charge in [-0.05, 0) is 60.7 Å². The van der Waals surface area contributed by atoms with Crippen LogP contribution < -0.4 is 9.47 Å². The van der Waals surface area contributed by atoms with Crippen molar-refractivity contribution in [3.63, 3.8) is 0 Å². The van der Waals surface area contributed by atoms with Crippen LogP contribution in [0.2, 0.25) is 0 Å². The van der Waals surface area contributed by atoms with E-state index in [9.17, 15) is 15.2 Å². The summed E-state index contributed by atoms with van der Waals surface area (Å²) >= 11 is 0. The molecule has 4 rings (SSSR count). The van der Waals surface area contributed by atoms with Crippen molar-refractivity contribution in [1.82, 2.24) is 9.97 Å². The molecule has 1 atom stereocenters. The van der Waals surface area contributed by atoms with E-state index in [1.807, 2.05) is 48.5 Å². The van der Waals surface area contributed by atoms with Crippen LogP contribution in [0.5, 0.6) is 11.5 Å². The van der Waals surface area contributed by atoms with Crippen molar-refractivity contribution in [2.24, 2.45) is 0 Å². The summed E-state index contributed by atoms with van der Waals surface area (Å²) in [7, 11) is 3.18. The number of imidazole rings is 1. The van der Waals surface area contributed by atoms with E-state index in [2.05, 4.69) is 9.97 Å². The van der Waals surface area contributed by atoms with Crippen molar-refractivity contribution in [2.45, 2.75) is 12.0 Å². The number of hydrogen-bond acceptors (Lipinski definition) is 6. The van der Waals surface area contributed by atoms with Gasteiger partial charge in [0.1, 0.15) is 17.3 Å². The van der Waals surface area contributed by atoms with Crippen molar-refractivity contribution >= 4 is 0 Å². The van der Waals surface area contributed by atoms with Crippen molar-refractivity contribution in [2.75, 3.05) is 14.2 Å². The molecule has 1 aliphatic carbocycles. The van der Waals surface area contributed by atoms with E-state index in [-0.39, 0.29) is 22.9 Å². The zero-order chi connectivity index (χ0) is 22.0. The molecule has 0 saturated carbocycles. The summed E-state index contributed by atoms with van der Waals surface area (Å²) in [5, 5.41) is 21.8. The molecule has 2 N–H and O–H groups in total. The minimum absolute atomic E-state index is 0.00483. The molecule has 31 heavy (non-hydrogen) atoms. The molecule has 0 bridgehead atoms. The molecule has 0 spiro atoms. The second-order valence-electron chi connectivity index (χ2n) is 7.11. The molecular formula is C23H21N3O5. The molecule has 8 nitrogen and oxygen atoms in total. The van der Waals surface area contributed by atoms with Gasteiger partial charge in [-0.2, -0.15) is 0 Å². The molecule has 0 saturated heterocycles. The molecule has 1 unspecified atom stereocenters. The average molecular weight is 419 g/mol. The summed E-state index contributed by atoms with van der Waals surface area (Å²) in [4.78, 5) is 19.6. The van der Waals surface area contributed by atoms with Crippen molar-refractivity contribution in [1.29, 1.82) is 0 Å². The highest BCUT2D eigenvalue weighted by molar-refractivity contribution is 5.79. The smallest absolute Gasteiger partial charge is 0.300 e. The Bertz CT molecular complexity index is 1100. The Hall–Kier alpha value is -4.07. The quantitative estimate of drug-likeness (QED) is 0.445. The van der Waals surface area contributed by atoms with Crippen LogP contribution >= 0.6 is 0 Å². The lowest BCUT2D eigenvalue weighted by Gasteiger charge is -2.20. The van der Waals surface area contributed by atoms with Crippen molar-refractivity contribution in [3.8, 4) is 34.0 Å². The summed E-state index contributed by atoms with van der Waals surface area (Å²) in [6.07, 6.45) is 4.11. The van der Waals surface area contributed by atoms with Crippen LogP contribution in [-0.2, 0) is 5.54 Å². The maximum absolute atomic E-state index is 12.1. The molecule has 0 radical (unpaired) electrons. The van der Waals surface area contributed by atoms with E-state index >= 15 is 0 Å². The van der Waals surface area contributed by atoms with Crippen LogP contribution in [0.15, 0.2) is 72.5 Å². The number of aliphatic hydroxyl groups is 1. The third-order valence-corrected chi connectivity index (χ3v) is 5.33. The number of nitrogens with zero attached hydrogens (tertiary/aromatic N) is 2. The minimum Gasteiger partial charge on any atom is -0.508 e. The van der Waals surface area contributed by atoms with Crippen LogP contribution in [0, 0.1) is 10.1 Å². The summed E-state index contributed by atoms with van der Waals surface area (Å²) in [6.45, 7) is 0. The minimum atomic E-state index is -1.60. The molecule has 1 aliphatic rings. The monoisotopic (exact) mass is 419 g/mol. The van der Waals surface area contributed by atoms with Gasteiger partial charge in [0.25, 0.3) is 0 Å². The van der Waals surface area contributed by atoms with E-state index in [0.29, 0.717) is 22.9 Å². The highest BCUT2D eigenvalue weighted by Gasteiger charge is 2.46. The first-order chi connectivity index (χ1) is 15.0. The second-order valence-corrected chi connectivity index (χ2v) is 7.11. The van der Waals surface area contributed by atoms with Gasteiger partial charge in [-0.15, -0.1) is 0 Å². The van der Waals surface area contributed by atoms with E-state index in [1.54, 1.807) is 14.2 Å². The Balaban J connectivity index is 1.89. The number of methoxy groups -OCH3 is 2. The largest absolute Gasteiger partial charge is 0.508 e. The predicted molar refractivity (Wildman–Crippen MR) is 116 cm³/mol. The fourth-order valence-electron chi connectivity index (χ4n) is 3.52. The molecule has 158 valence electrons. The normalized spacial score (nSPS) is 17.8. The molecule has 0 amide bonds. The lowest BCUT2D eigenvalue weighted by Crippen LogP contribution is -2.35. The Morgan fingerprint density at radius 2 is 1.61 bits per heavy atom. The molecular weight excluding hydrogens is 398 g/mol. The topological polar surface area (TPSA) is 111 Å². The first-order valence-electron chi connectivity index (χ1n) is 9.59. The van der Waals surface area contributed by atoms with Gasteiger partial charge in [-0.3, -0.25) is 10.1 Å². The molecule has 1 aromatic heterocycles. The fourth-order valence-corrected chi connectivity index (χ4v) is 3.52. The number of allylic oxidation sites excluding steroid dienone is 1. The number of nitro groups is 1. The van der Waals surface area contributed by atoms with E-state index in [4.69, 9.17) is 9.47 Å². The molecule has 1 heterocycles. The zero-order valence-electron chi connectivity index (χ0n) is 17.0. The number of benzene rings is 2. The molecule has 8 heteroatoms. The number of aromatic nitrogens is 2. The first-order valence-corrected chi connectivity index (χ1v) is 9.59. The first kappa shape index (κ1) is 20.2. The number of aromatic amines is 1. The summed E-state index contributed by atoms with van der Waals surface area (Å²) in [5.41, 5.74) is 1.22. The van der Waals surface area contributed by atoms with Crippen LogP contribution in [0.3, 0.4) is 0 Å². The molecule has 0 aliphatic heterocycles. The van der Waals surface area contributed by atoms with Gasteiger partial charge < -0.3 is 19.6 Å². The van der Waals surface area contributed by atoms with Gasteiger partial charge in [0, 0.05) is 22.1 Å². The van der Waals surface area contributed by atoms with Gasteiger partial charge in [0.2, 0.25) is 0 Å². The summed E-state index contributed by atoms with van der Waals surface area (Å²) in [5.74, 6) is 1.58. The van der Waals surface area contributed by atoms with Gasteiger partial charge in [-0.1, -0.05) is 0 Å². The number of H-pyrrole nitrogens is 1. The molecule has 2 aromatic carbocycles. The number of nitrogens with one attached hydrogen (secondary N) is 1. The maximum atomic E-state index is 12.1. The van der Waals surface area contributed by atoms with E-state index < -0.39 is 5.54 Å². The zero-order valence-corrected chi connectivity index (χ0v) is 17.0. The van der Waals surface area contributed by atoms with Crippen LogP contribution in [-0.4, -0.2) is 34.2 Å². The van der Waals surface area contributed by atoms with E-state index in [1.165, 1.54) is 18.2 Å². The summed E-state index contributed by atoms with van der Waals surface area (Å²) in [6, 6.07) is 14.7. The standard InChI is InChI=1S/C23H21N3O5/c1-30-18-7-3-15(4-8-18)20-21(16-5-9-19(31-2)10-6-16)25-22(24-20)23(26(28)29)13-11-17(27)12-14-23/h3-13,27H,14H2,1-2H3,(H,24,25). The SMILES string of the molecule is COc1ccc(-c2nc(C3([N+](=O)[O-])C=CC(O)=CC3)[nH]c2-c2ccc(OC)cc2)cc1. The number of rotatable bonds is 6. The fraction of sp³-hybridized carbons (Fsp3) is 0.174. The third-order valence-electron chi connectivity index (χ3n) is 5.33. The van der Waals surface area contributed by atoms with Crippen LogP contribution in [0.4, 0.5) is 0 Å². The predicted octanol–water partition coefficient (Wildman–Crippen LogP) is 4.63. The average Bonchev–Trinajstić information content (AvgIpc) is 3.25. The number of ether oxygens (including phenoxy) is 2. The summed E-state index contributed by atoms with van der Waals surface area (Å²) < 4.78 is 10.5. The molecule has 3 aromatic rings. The second kappa shape index (κ2) is 7.98. The van der Waals surface area contributed by atoms with Gasteiger partial charge in [0.15, 0.2) is 5.82 Å². The van der Waals surface area contributed by atoms with E-state index in [0.717, 1.165) is 11.1 Å². The number of aliphatic hydroxyl groups excluding tert-OH is 1. The van der Waals surface area contributed by atoms with Gasteiger partial charge >= 0.3 is 5.54 Å². The Morgan fingerprint density at radius 3 is 2.10 bits per heavy atom. The van der Waals surface area contributed by atoms with Crippen molar-refractivity contribution in [3.05, 3.63) is 88.5 Å². The highest BCUT2D eigenvalue weighted by atomic mass is 16.6. The highest BCUT2D eigenvalue weighted by Crippen LogP contribution is 2.38. The lowest BCUT2D eigenvalue weighted by molar-refractivity contribution is -0.565.